The SMILES string of the molecule is COc1cccc(NC(=O)NCc2ccc(CN(C=O)C(N)=NC(C)(C)CCc3ccccc3)cc2)c1. The molecule has 0 saturated heterocycles. The molecule has 0 aliphatic heterocycles. The first-order chi connectivity index (χ1) is 17.8. The van der Waals surface area contributed by atoms with Gasteiger partial charge in [-0.25, -0.2) is 9.79 Å². The second-order valence-corrected chi connectivity index (χ2v) is 9.36. The molecule has 8 heteroatoms. The van der Waals surface area contributed by atoms with Crippen LogP contribution >= 0.6 is 0 Å². The molecule has 194 valence electrons. The number of aryl methyl sites for hydroxylation is 1. The maximum absolute atomic E-state index is 12.2. The number of benzene rings is 3. The summed E-state index contributed by atoms with van der Waals surface area (Å²) in [6, 6.07) is 24.7. The molecular formula is C29H35N5O3. The van der Waals surface area contributed by atoms with Crippen LogP contribution in [0, 0.1) is 0 Å². The normalized spacial score (nSPS) is 11.5. The van der Waals surface area contributed by atoms with Crippen molar-refractivity contribution in [1.29, 1.82) is 0 Å². The number of carbonyl (C=O) groups excluding carboxylic acids is 2. The van der Waals surface area contributed by atoms with E-state index in [1.165, 1.54) is 10.5 Å². The molecule has 0 bridgehead atoms. The van der Waals surface area contributed by atoms with E-state index in [0.717, 1.165) is 24.0 Å². The molecule has 8 nitrogen and oxygen atoms in total. The van der Waals surface area contributed by atoms with Crippen LogP contribution in [0.4, 0.5) is 10.5 Å². The highest BCUT2D eigenvalue weighted by molar-refractivity contribution is 5.89. The van der Waals surface area contributed by atoms with Crippen molar-refractivity contribution in [1.82, 2.24) is 10.2 Å². The fourth-order valence-electron chi connectivity index (χ4n) is 3.72. The fraction of sp³-hybridized carbons (Fsp3) is 0.276. The number of guanidine groups is 1. The highest BCUT2D eigenvalue weighted by atomic mass is 16.5. The van der Waals surface area contributed by atoms with E-state index in [-0.39, 0.29) is 12.0 Å². The van der Waals surface area contributed by atoms with E-state index < -0.39 is 5.54 Å². The number of hydrogen-bond donors (Lipinski definition) is 3. The van der Waals surface area contributed by atoms with Crippen LogP contribution in [-0.4, -0.2) is 35.9 Å². The van der Waals surface area contributed by atoms with Gasteiger partial charge >= 0.3 is 6.03 Å². The molecule has 0 aliphatic carbocycles. The lowest BCUT2D eigenvalue weighted by Gasteiger charge is -2.24. The van der Waals surface area contributed by atoms with Crippen molar-refractivity contribution in [2.45, 2.75) is 45.3 Å². The van der Waals surface area contributed by atoms with Crippen molar-refractivity contribution < 1.29 is 14.3 Å². The van der Waals surface area contributed by atoms with Gasteiger partial charge in [0.2, 0.25) is 6.41 Å². The molecule has 0 radical (unpaired) electrons. The van der Waals surface area contributed by atoms with Crippen LogP contribution in [0.5, 0.6) is 5.75 Å². The van der Waals surface area contributed by atoms with Crippen LogP contribution in [0.3, 0.4) is 0 Å². The van der Waals surface area contributed by atoms with Crippen LogP contribution in [0.2, 0.25) is 0 Å². The molecule has 0 heterocycles. The Balaban J connectivity index is 1.51. The van der Waals surface area contributed by atoms with Gasteiger partial charge in [0.05, 0.1) is 19.2 Å². The molecule has 3 aromatic rings. The Morgan fingerprint density at radius 1 is 1.00 bits per heavy atom. The molecule has 4 N–H and O–H groups in total. The van der Waals surface area contributed by atoms with Gasteiger partial charge in [-0.1, -0.05) is 60.7 Å². The molecule has 0 fully saturated rings. The number of nitrogens with zero attached hydrogens (tertiary/aromatic N) is 2. The van der Waals surface area contributed by atoms with Gasteiger partial charge in [-0.2, -0.15) is 0 Å². The monoisotopic (exact) mass is 501 g/mol. The van der Waals surface area contributed by atoms with Gasteiger partial charge in [0, 0.05) is 18.3 Å². The molecule has 3 amide bonds. The summed E-state index contributed by atoms with van der Waals surface area (Å²) in [7, 11) is 1.58. The third-order valence-electron chi connectivity index (χ3n) is 5.86. The maximum atomic E-state index is 12.2. The summed E-state index contributed by atoms with van der Waals surface area (Å²) in [5.41, 5.74) is 9.50. The standard InChI is InChI=1S/C29H35N5O3/c1-29(2,17-16-22-8-5-4-6-9-22)33-27(30)34(21-35)20-24-14-12-23(13-15-24)19-31-28(36)32-25-10-7-11-26(18-25)37-3/h4-15,18,21H,16-17,19-20H2,1-3H3,(H2,30,33)(H2,31,32,36). The number of nitrogens with one attached hydrogen (secondary N) is 2. The summed E-state index contributed by atoms with van der Waals surface area (Å²) in [5.74, 6) is 0.854. The van der Waals surface area contributed by atoms with Crippen molar-refractivity contribution in [3.8, 4) is 5.75 Å². The molecule has 0 spiro atoms. The number of amides is 3. The van der Waals surface area contributed by atoms with Crippen LogP contribution < -0.4 is 21.1 Å². The summed E-state index contributed by atoms with van der Waals surface area (Å²) in [6.07, 6.45) is 2.38. The van der Waals surface area contributed by atoms with E-state index >= 15 is 0 Å². The molecule has 3 aromatic carbocycles. The van der Waals surface area contributed by atoms with Crippen LogP contribution in [0.25, 0.3) is 0 Å². The number of hydrogen-bond acceptors (Lipinski definition) is 4. The molecule has 0 aromatic heterocycles. The van der Waals surface area contributed by atoms with Gasteiger partial charge in [0.25, 0.3) is 0 Å². The zero-order valence-corrected chi connectivity index (χ0v) is 21.6. The molecule has 0 aliphatic rings. The van der Waals surface area contributed by atoms with E-state index in [1.54, 1.807) is 25.3 Å². The largest absolute Gasteiger partial charge is 0.497 e. The molecule has 37 heavy (non-hydrogen) atoms. The van der Waals surface area contributed by atoms with E-state index in [1.807, 2.05) is 62.4 Å². The Labute approximate surface area is 218 Å². The number of aliphatic imine (C=N–C) groups is 1. The topological polar surface area (TPSA) is 109 Å². The lowest BCUT2D eigenvalue weighted by atomic mass is 9.96. The van der Waals surface area contributed by atoms with Gasteiger partial charge in [-0.3, -0.25) is 9.69 Å². The van der Waals surface area contributed by atoms with Crippen molar-refractivity contribution in [3.63, 3.8) is 0 Å². The molecular weight excluding hydrogens is 466 g/mol. The maximum Gasteiger partial charge on any atom is 0.319 e. The number of carbonyl (C=O) groups is 2. The zero-order chi connectivity index (χ0) is 26.7. The number of urea groups is 1. The molecule has 0 saturated carbocycles. The summed E-state index contributed by atoms with van der Waals surface area (Å²) in [6.45, 7) is 4.68. The highest BCUT2D eigenvalue weighted by Gasteiger charge is 2.19. The lowest BCUT2D eigenvalue weighted by Crippen LogP contribution is -2.38. The summed E-state index contributed by atoms with van der Waals surface area (Å²) >= 11 is 0. The van der Waals surface area contributed by atoms with Gasteiger partial charge in [0.1, 0.15) is 5.75 Å². The Morgan fingerprint density at radius 2 is 1.70 bits per heavy atom. The number of nitrogens with two attached hydrogens (primary N) is 1. The minimum absolute atomic E-state index is 0.188. The van der Waals surface area contributed by atoms with Gasteiger partial charge in [0.15, 0.2) is 5.96 Å². The van der Waals surface area contributed by atoms with Crippen molar-refractivity contribution in [2.24, 2.45) is 10.7 Å². The Morgan fingerprint density at radius 3 is 2.38 bits per heavy atom. The Kier molecular flexibility index (Phi) is 9.66. The first-order valence-corrected chi connectivity index (χ1v) is 12.2. The second-order valence-electron chi connectivity index (χ2n) is 9.36. The zero-order valence-electron chi connectivity index (χ0n) is 21.6. The lowest BCUT2D eigenvalue weighted by molar-refractivity contribution is -0.115. The average molecular weight is 502 g/mol. The van der Waals surface area contributed by atoms with E-state index in [4.69, 9.17) is 10.5 Å². The van der Waals surface area contributed by atoms with Crippen LogP contribution in [-0.2, 0) is 24.3 Å². The Hall–Kier alpha value is -4.33. The third-order valence-corrected chi connectivity index (χ3v) is 5.86. The van der Waals surface area contributed by atoms with Gasteiger partial charge in [-0.05, 0) is 55.5 Å². The fourth-order valence-corrected chi connectivity index (χ4v) is 3.72. The summed E-state index contributed by atoms with van der Waals surface area (Å²) < 4.78 is 5.17. The predicted molar refractivity (Wildman–Crippen MR) is 147 cm³/mol. The average Bonchev–Trinajstić information content (AvgIpc) is 2.90. The summed E-state index contributed by atoms with van der Waals surface area (Å²) in [5, 5.41) is 5.61. The van der Waals surface area contributed by atoms with Crippen LogP contribution in [0.1, 0.15) is 37.0 Å². The second kappa shape index (κ2) is 13.1. The quantitative estimate of drug-likeness (QED) is 0.201. The number of ether oxygens (including phenoxy) is 1. The molecule has 3 rings (SSSR count). The smallest absolute Gasteiger partial charge is 0.319 e. The van der Waals surface area contributed by atoms with Crippen molar-refractivity contribution in [2.75, 3.05) is 12.4 Å². The van der Waals surface area contributed by atoms with E-state index in [2.05, 4.69) is 27.8 Å². The van der Waals surface area contributed by atoms with E-state index in [9.17, 15) is 9.59 Å². The van der Waals surface area contributed by atoms with Crippen LogP contribution in [0.15, 0.2) is 83.9 Å². The van der Waals surface area contributed by atoms with Gasteiger partial charge < -0.3 is 21.1 Å². The highest BCUT2D eigenvalue weighted by Crippen LogP contribution is 2.19. The first-order valence-electron chi connectivity index (χ1n) is 12.2. The van der Waals surface area contributed by atoms with Crippen molar-refractivity contribution >= 4 is 24.1 Å². The van der Waals surface area contributed by atoms with Crippen molar-refractivity contribution in [3.05, 3.63) is 95.6 Å². The third kappa shape index (κ3) is 9.00. The predicted octanol–water partition coefficient (Wildman–Crippen LogP) is 4.70. The van der Waals surface area contributed by atoms with E-state index in [0.29, 0.717) is 30.9 Å². The molecule has 0 unspecified atom stereocenters. The minimum Gasteiger partial charge on any atom is -0.497 e. The number of methoxy groups -OCH3 is 1. The van der Waals surface area contributed by atoms with Gasteiger partial charge in [-0.15, -0.1) is 0 Å². The number of rotatable bonds is 11. The molecule has 0 atom stereocenters. The Bertz CT molecular complexity index is 1190. The summed E-state index contributed by atoms with van der Waals surface area (Å²) in [4.78, 5) is 30.0. The first kappa shape index (κ1) is 27.3. The minimum atomic E-state index is -0.415. The number of anilines is 1.